The molecule has 1 fully saturated rings. The number of rotatable bonds is 8. The molecular weight excluding hydrogens is 431 g/mol. The number of benzene rings is 3. The number of hydrogen-bond donors (Lipinski definition) is 2. The molecule has 4 rings (SSSR count). The Morgan fingerprint density at radius 3 is 1.79 bits per heavy atom. The lowest BCUT2D eigenvalue weighted by Crippen LogP contribution is -2.51. The fourth-order valence-electron chi connectivity index (χ4n) is 4.14. The Labute approximate surface area is 199 Å². The number of amides is 2. The molecule has 0 aromatic heterocycles. The van der Waals surface area contributed by atoms with Crippen molar-refractivity contribution >= 4 is 17.5 Å². The van der Waals surface area contributed by atoms with Gasteiger partial charge >= 0.3 is 0 Å². The SMILES string of the molecule is O=C(CN1CCN(CC(=O)NC(c2ccccc2)c2ccccc2)CC1)Nc1cccc(F)c1. The Hall–Kier alpha value is -3.55. The minimum absolute atomic E-state index is 0.0324. The molecule has 1 aliphatic heterocycles. The van der Waals surface area contributed by atoms with E-state index in [0.29, 0.717) is 38.4 Å². The second kappa shape index (κ2) is 11.5. The molecule has 7 heteroatoms. The first kappa shape index (κ1) is 23.6. The predicted molar refractivity (Wildman–Crippen MR) is 131 cm³/mol. The van der Waals surface area contributed by atoms with Gasteiger partial charge < -0.3 is 10.6 Å². The Morgan fingerprint density at radius 1 is 0.735 bits per heavy atom. The van der Waals surface area contributed by atoms with Crippen molar-refractivity contribution in [2.24, 2.45) is 0 Å². The summed E-state index contributed by atoms with van der Waals surface area (Å²) in [4.78, 5) is 29.3. The van der Waals surface area contributed by atoms with Gasteiger partial charge in [0.05, 0.1) is 19.1 Å². The molecule has 0 radical (unpaired) electrons. The van der Waals surface area contributed by atoms with E-state index >= 15 is 0 Å². The zero-order chi connectivity index (χ0) is 23.8. The number of anilines is 1. The fraction of sp³-hybridized carbons (Fsp3) is 0.259. The Bertz CT molecular complexity index is 1050. The maximum absolute atomic E-state index is 13.3. The molecule has 1 aliphatic rings. The van der Waals surface area contributed by atoms with Crippen LogP contribution in [-0.2, 0) is 9.59 Å². The fourth-order valence-corrected chi connectivity index (χ4v) is 4.14. The van der Waals surface area contributed by atoms with Crippen molar-refractivity contribution in [2.45, 2.75) is 6.04 Å². The zero-order valence-electron chi connectivity index (χ0n) is 19.0. The molecule has 2 amide bonds. The second-order valence-electron chi connectivity index (χ2n) is 8.43. The van der Waals surface area contributed by atoms with Crippen LogP contribution >= 0.6 is 0 Å². The van der Waals surface area contributed by atoms with Crippen LogP contribution in [0.15, 0.2) is 84.9 Å². The second-order valence-corrected chi connectivity index (χ2v) is 8.43. The summed E-state index contributed by atoms with van der Waals surface area (Å²) in [7, 11) is 0. The van der Waals surface area contributed by atoms with E-state index in [2.05, 4.69) is 15.5 Å². The van der Waals surface area contributed by atoms with E-state index in [9.17, 15) is 14.0 Å². The van der Waals surface area contributed by atoms with E-state index in [1.807, 2.05) is 65.6 Å². The van der Waals surface area contributed by atoms with Gasteiger partial charge in [0.25, 0.3) is 0 Å². The molecule has 2 N–H and O–H groups in total. The average Bonchev–Trinajstić information content (AvgIpc) is 2.85. The molecule has 3 aromatic rings. The Balaban J connectivity index is 1.26. The monoisotopic (exact) mass is 460 g/mol. The van der Waals surface area contributed by atoms with Gasteiger partial charge in [-0.1, -0.05) is 66.7 Å². The molecule has 0 saturated carbocycles. The van der Waals surface area contributed by atoms with Crippen LogP contribution in [-0.4, -0.2) is 60.9 Å². The molecule has 34 heavy (non-hydrogen) atoms. The lowest BCUT2D eigenvalue weighted by atomic mass is 9.99. The van der Waals surface area contributed by atoms with Crippen LogP contribution in [0.25, 0.3) is 0 Å². The van der Waals surface area contributed by atoms with Crippen LogP contribution < -0.4 is 10.6 Å². The molecule has 0 bridgehead atoms. The molecule has 0 aliphatic carbocycles. The topological polar surface area (TPSA) is 64.7 Å². The van der Waals surface area contributed by atoms with Crippen molar-refractivity contribution in [1.29, 1.82) is 0 Å². The van der Waals surface area contributed by atoms with E-state index in [-0.39, 0.29) is 30.2 Å². The minimum Gasteiger partial charge on any atom is -0.344 e. The quantitative estimate of drug-likeness (QED) is 0.542. The summed E-state index contributed by atoms with van der Waals surface area (Å²) < 4.78 is 13.3. The van der Waals surface area contributed by atoms with Crippen molar-refractivity contribution < 1.29 is 14.0 Å². The summed E-state index contributed by atoms with van der Waals surface area (Å²) in [6, 6.07) is 25.6. The lowest BCUT2D eigenvalue weighted by Gasteiger charge is -2.34. The summed E-state index contributed by atoms with van der Waals surface area (Å²) in [6.45, 7) is 3.31. The highest BCUT2D eigenvalue weighted by Gasteiger charge is 2.23. The van der Waals surface area contributed by atoms with E-state index in [4.69, 9.17) is 0 Å². The summed E-state index contributed by atoms with van der Waals surface area (Å²) in [5.41, 5.74) is 2.53. The van der Waals surface area contributed by atoms with Gasteiger partial charge in [-0.2, -0.15) is 0 Å². The normalized spacial score (nSPS) is 14.6. The van der Waals surface area contributed by atoms with Crippen LogP contribution in [0.5, 0.6) is 0 Å². The number of hydrogen-bond acceptors (Lipinski definition) is 4. The first-order chi connectivity index (χ1) is 16.6. The number of halogens is 1. The highest BCUT2D eigenvalue weighted by atomic mass is 19.1. The standard InChI is InChI=1S/C27H29FN4O2/c28-23-12-7-13-24(18-23)29-25(33)19-31-14-16-32(17-15-31)20-26(34)30-27(21-8-3-1-4-9-21)22-10-5-2-6-11-22/h1-13,18,27H,14-17,19-20H2,(H,29,33)(H,30,34). The average molecular weight is 461 g/mol. The first-order valence-corrected chi connectivity index (χ1v) is 11.5. The van der Waals surface area contributed by atoms with Gasteiger partial charge in [0.1, 0.15) is 5.82 Å². The van der Waals surface area contributed by atoms with Crippen molar-refractivity contribution in [2.75, 3.05) is 44.6 Å². The number of carbonyl (C=O) groups excluding carboxylic acids is 2. The van der Waals surface area contributed by atoms with Crippen molar-refractivity contribution in [3.8, 4) is 0 Å². The third-order valence-electron chi connectivity index (χ3n) is 5.88. The number of carbonyl (C=O) groups is 2. The number of nitrogens with zero attached hydrogens (tertiary/aromatic N) is 2. The lowest BCUT2D eigenvalue weighted by molar-refractivity contribution is -0.124. The molecule has 0 spiro atoms. The molecule has 176 valence electrons. The molecule has 1 saturated heterocycles. The molecular formula is C27H29FN4O2. The number of nitrogens with one attached hydrogen (secondary N) is 2. The summed E-state index contributed by atoms with van der Waals surface area (Å²) in [6.07, 6.45) is 0. The summed E-state index contributed by atoms with van der Waals surface area (Å²) in [5, 5.41) is 5.91. The van der Waals surface area contributed by atoms with Crippen LogP contribution in [0.4, 0.5) is 10.1 Å². The van der Waals surface area contributed by atoms with Crippen molar-refractivity contribution in [1.82, 2.24) is 15.1 Å². The third-order valence-corrected chi connectivity index (χ3v) is 5.88. The first-order valence-electron chi connectivity index (χ1n) is 11.5. The maximum atomic E-state index is 13.3. The highest BCUT2D eigenvalue weighted by Crippen LogP contribution is 2.21. The van der Waals surface area contributed by atoms with E-state index in [1.54, 1.807) is 12.1 Å². The smallest absolute Gasteiger partial charge is 0.238 e. The van der Waals surface area contributed by atoms with Crippen molar-refractivity contribution in [3.05, 3.63) is 102 Å². The van der Waals surface area contributed by atoms with Gasteiger partial charge in [0.2, 0.25) is 11.8 Å². The van der Waals surface area contributed by atoms with E-state index in [1.165, 1.54) is 12.1 Å². The van der Waals surface area contributed by atoms with Gasteiger partial charge in [0, 0.05) is 31.9 Å². The molecule has 1 heterocycles. The molecule has 0 unspecified atom stereocenters. The predicted octanol–water partition coefficient (Wildman–Crippen LogP) is 3.29. The highest BCUT2D eigenvalue weighted by molar-refractivity contribution is 5.92. The molecule has 3 aromatic carbocycles. The van der Waals surface area contributed by atoms with Gasteiger partial charge in [0.15, 0.2) is 0 Å². The minimum atomic E-state index is -0.383. The van der Waals surface area contributed by atoms with Crippen LogP contribution in [0.3, 0.4) is 0 Å². The summed E-state index contributed by atoms with van der Waals surface area (Å²) in [5.74, 6) is -0.591. The van der Waals surface area contributed by atoms with E-state index in [0.717, 1.165) is 11.1 Å². The maximum Gasteiger partial charge on any atom is 0.238 e. The largest absolute Gasteiger partial charge is 0.344 e. The molecule has 0 atom stereocenters. The van der Waals surface area contributed by atoms with Crippen LogP contribution in [0.1, 0.15) is 17.2 Å². The van der Waals surface area contributed by atoms with Gasteiger partial charge in [-0.3, -0.25) is 19.4 Å². The Morgan fingerprint density at radius 2 is 1.26 bits per heavy atom. The Kier molecular flexibility index (Phi) is 8.01. The van der Waals surface area contributed by atoms with Crippen LogP contribution in [0, 0.1) is 5.82 Å². The van der Waals surface area contributed by atoms with Gasteiger partial charge in [-0.05, 0) is 29.3 Å². The van der Waals surface area contributed by atoms with Crippen molar-refractivity contribution in [3.63, 3.8) is 0 Å². The van der Waals surface area contributed by atoms with Gasteiger partial charge in [-0.25, -0.2) is 4.39 Å². The third kappa shape index (κ3) is 6.73. The van der Waals surface area contributed by atoms with E-state index < -0.39 is 0 Å². The van der Waals surface area contributed by atoms with Gasteiger partial charge in [-0.15, -0.1) is 0 Å². The number of piperazine rings is 1. The molecule has 6 nitrogen and oxygen atoms in total. The zero-order valence-corrected chi connectivity index (χ0v) is 19.0. The van der Waals surface area contributed by atoms with Crippen LogP contribution in [0.2, 0.25) is 0 Å². The summed E-state index contributed by atoms with van der Waals surface area (Å²) >= 11 is 0.